The Kier molecular flexibility index (Phi) is 5.43. The van der Waals surface area contributed by atoms with Gasteiger partial charge in [0.2, 0.25) is 5.82 Å². The van der Waals surface area contributed by atoms with Gasteiger partial charge in [-0.2, -0.15) is 4.98 Å². The zero-order chi connectivity index (χ0) is 14.4. The topological polar surface area (TPSA) is 102 Å². The van der Waals surface area contributed by atoms with Crippen LogP contribution in [0, 0.1) is 10.1 Å². The van der Waals surface area contributed by atoms with Crippen molar-refractivity contribution >= 4 is 11.5 Å². The maximum Gasteiger partial charge on any atom is 0.372 e. The van der Waals surface area contributed by atoms with Crippen LogP contribution in [0.2, 0.25) is 0 Å². The first-order chi connectivity index (χ1) is 9.01. The summed E-state index contributed by atoms with van der Waals surface area (Å²) in [7, 11) is 0. The van der Waals surface area contributed by atoms with E-state index in [-0.39, 0.29) is 36.6 Å². The van der Waals surface area contributed by atoms with E-state index in [4.69, 9.17) is 9.84 Å². The van der Waals surface area contributed by atoms with Crippen LogP contribution in [0.3, 0.4) is 0 Å². The maximum absolute atomic E-state index is 11.2. The zero-order valence-electron chi connectivity index (χ0n) is 11.2. The maximum atomic E-state index is 11.2. The molecule has 1 heterocycles. The number of rotatable bonds is 7. The first-order valence-electron chi connectivity index (χ1n) is 6.03. The molecule has 0 aliphatic rings. The molecule has 0 saturated heterocycles. The van der Waals surface area contributed by atoms with Gasteiger partial charge in [-0.1, -0.05) is 0 Å². The van der Waals surface area contributed by atoms with Crippen molar-refractivity contribution in [3.05, 3.63) is 16.4 Å². The molecule has 0 saturated carbocycles. The van der Waals surface area contributed by atoms with Gasteiger partial charge in [-0.05, 0) is 20.8 Å². The van der Waals surface area contributed by atoms with Gasteiger partial charge in [-0.3, -0.25) is 10.1 Å². The number of hydrogen-bond donors (Lipinski definition) is 1. The molecule has 0 aliphatic carbocycles. The van der Waals surface area contributed by atoms with Crippen molar-refractivity contribution in [3.63, 3.8) is 0 Å². The quantitative estimate of drug-likeness (QED) is 0.582. The van der Waals surface area contributed by atoms with Crippen molar-refractivity contribution in [1.82, 2.24) is 9.97 Å². The predicted octanol–water partition coefficient (Wildman–Crippen LogP) is 0.991. The first kappa shape index (κ1) is 15.1. The molecule has 1 N–H and O–H groups in total. The molecule has 106 valence electrons. The summed E-state index contributed by atoms with van der Waals surface area (Å²) in [6.45, 7) is 5.97. The van der Waals surface area contributed by atoms with E-state index in [1.54, 1.807) is 18.7 Å². The second kappa shape index (κ2) is 6.83. The summed E-state index contributed by atoms with van der Waals surface area (Å²) < 4.78 is 5.34. The Morgan fingerprint density at radius 1 is 1.53 bits per heavy atom. The lowest BCUT2D eigenvalue weighted by Crippen LogP contribution is -2.28. The van der Waals surface area contributed by atoms with Crippen molar-refractivity contribution in [2.24, 2.45) is 0 Å². The second-order valence-electron chi connectivity index (χ2n) is 4.08. The molecule has 1 aromatic heterocycles. The van der Waals surface area contributed by atoms with Crippen LogP contribution in [0.15, 0.2) is 6.33 Å². The molecule has 0 fully saturated rings. The Hall–Kier alpha value is -1.96. The molecule has 8 heteroatoms. The van der Waals surface area contributed by atoms with Crippen molar-refractivity contribution in [2.75, 3.05) is 24.6 Å². The monoisotopic (exact) mass is 270 g/mol. The summed E-state index contributed by atoms with van der Waals surface area (Å²) in [6, 6.07) is 0. The van der Waals surface area contributed by atoms with E-state index in [1.807, 2.05) is 6.92 Å². The summed E-state index contributed by atoms with van der Waals surface area (Å²) in [6.07, 6.45) is 0.995. The Balaban J connectivity index is 3.26. The molecular formula is C11H18N4O4. The van der Waals surface area contributed by atoms with E-state index in [9.17, 15) is 10.1 Å². The van der Waals surface area contributed by atoms with E-state index in [1.165, 1.54) is 6.33 Å². The van der Waals surface area contributed by atoms with Gasteiger partial charge in [-0.25, -0.2) is 4.98 Å². The average Bonchev–Trinajstić information content (AvgIpc) is 2.34. The highest BCUT2D eigenvalue weighted by atomic mass is 16.6. The van der Waals surface area contributed by atoms with Crippen LogP contribution in [-0.4, -0.2) is 45.8 Å². The van der Waals surface area contributed by atoms with E-state index < -0.39 is 4.92 Å². The zero-order valence-corrected chi connectivity index (χ0v) is 11.2. The fourth-order valence-electron chi connectivity index (χ4n) is 1.59. The van der Waals surface area contributed by atoms with Crippen LogP contribution in [0.25, 0.3) is 0 Å². The Morgan fingerprint density at radius 3 is 2.68 bits per heavy atom. The van der Waals surface area contributed by atoms with Gasteiger partial charge >= 0.3 is 5.69 Å². The number of hydrogen-bond acceptors (Lipinski definition) is 7. The second-order valence-corrected chi connectivity index (χ2v) is 4.08. The number of likely N-dealkylation sites (N-methyl/N-ethyl adjacent to an activating group) is 1. The lowest BCUT2D eigenvalue weighted by molar-refractivity contribution is -0.385. The normalized spacial score (nSPS) is 10.6. The number of aliphatic hydroxyl groups excluding tert-OH is 1. The van der Waals surface area contributed by atoms with Gasteiger partial charge in [0.25, 0.3) is 5.88 Å². The summed E-state index contributed by atoms with van der Waals surface area (Å²) in [5.74, 6) is 0.105. The summed E-state index contributed by atoms with van der Waals surface area (Å²) in [4.78, 5) is 20.0. The Morgan fingerprint density at radius 2 is 2.21 bits per heavy atom. The lowest BCUT2D eigenvalue weighted by Gasteiger charge is -2.21. The van der Waals surface area contributed by atoms with Gasteiger partial charge in [0.05, 0.1) is 17.6 Å². The molecule has 0 aromatic carbocycles. The van der Waals surface area contributed by atoms with Gasteiger partial charge in [-0.15, -0.1) is 0 Å². The SMILES string of the molecule is CCN(CCO)c1ncnc(OC(C)C)c1[N+](=O)[O-]. The largest absolute Gasteiger partial charge is 0.470 e. The average molecular weight is 270 g/mol. The molecule has 0 amide bonds. The third-order valence-electron chi connectivity index (χ3n) is 2.35. The number of ether oxygens (including phenoxy) is 1. The molecule has 0 bridgehead atoms. The van der Waals surface area contributed by atoms with Gasteiger partial charge in [0.15, 0.2) is 0 Å². The number of aromatic nitrogens is 2. The van der Waals surface area contributed by atoms with E-state index in [0.717, 1.165) is 0 Å². The van der Waals surface area contributed by atoms with Crippen LogP contribution in [0.1, 0.15) is 20.8 Å². The van der Waals surface area contributed by atoms with Gasteiger partial charge in [0.1, 0.15) is 6.33 Å². The molecule has 1 aromatic rings. The summed E-state index contributed by atoms with van der Waals surface area (Å²) in [5, 5.41) is 20.2. The van der Waals surface area contributed by atoms with E-state index in [2.05, 4.69) is 9.97 Å². The van der Waals surface area contributed by atoms with Crippen LogP contribution < -0.4 is 9.64 Å². The number of anilines is 1. The first-order valence-corrected chi connectivity index (χ1v) is 6.03. The standard InChI is InChI=1S/C11H18N4O4/c1-4-14(5-6-16)10-9(15(17)18)11(13-7-12-10)19-8(2)3/h7-8,16H,4-6H2,1-3H3. The highest BCUT2D eigenvalue weighted by Crippen LogP contribution is 2.33. The summed E-state index contributed by atoms with van der Waals surface area (Å²) in [5.41, 5.74) is -0.272. The highest BCUT2D eigenvalue weighted by molar-refractivity contribution is 5.62. The molecule has 1 rings (SSSR count). The third kappa shape index (κ3) is 3.75. The minimum atomic E-state index is -0.562. The minimum Gasteiger partial charge on any atom is -0.470 e. The molecule has 19 heavy (non-hydrogen) atoms. The van der Waals surface area contributed by atoms with Crippen LogP contribution >= 0.6 is 0 Å². The number of nitrogens with zero attached hydrogens (tertiary/aromatic N) is 4. The molecule has 8 nitrogen and oxygen atoms in total. The fraction of sp³-hybridized carbons (Fsp3) is 0.636. The summed E-state index contributed by atoms with van der Waals surface area (Å²) >= 11 is 0. The third-order valence-corrected chi connectivity index (χ3v) is 2.35. The smallest absolute Gasteiger partial charge is 0.372 e. The number of nitro groups is 1. The Labute approximate surface area is 111 Å². The van der Waals surface area contributed by atoms with E-state index >= 15 is 0 Å². The van der Waals surface area contributed by atoms with Gasteiger partial charge in [0, 0.05) is 13.1 Å². The molecular weight excluding hydrogens is 252 g/mol. The Bertz CT molecular complexity index is 439. The van der Waals surface area contributed by atoms with Crippen molar-refractivity contribution in [3.8, 4) is 5.88 Å². The van der Waals surface area contributed by atoms with Crippen molar-refractivity contribution < 1.29 is 14.8 Å². The lowest BCUT2D eigenvalue weighted by atomic mass is 10.3. The van der Waals surface area contributed by atoms with Crippen molar-refractivity contribution in [2.45, 2.75) is 26.9 Å². The highest BCUT2D eigenvalue weighted by Gasteiger charge is 2.28. The molecule has 0 atom stereocenters. The van der Waals surface area contributed by atoms with Crippen LogP contribution in [-0.2, 0) is 0 Å². The van der Waals surface area contributed by atoms with Crippen LogP contribution in [0.5, 0.6) is 5.88 Å². The van der Waals surface area contributed by atoms with Gasteiger partial charge < -0.3 is 14.7 Å². The predicted molar refractivity (Wildman–Crippen MR) is 69.4 cm³/mol. The molecule has 0 aliphatic heterocycles. The van der Waals surface area contributed by atoms with E-state index in [0.29, 0.717) is 6.54 Å². The van der Waals surface area contributed by atoms with Crippen molar-refractivity contribution in [1.29, 1.82) is 0 Å². The molecule has 0 spiro atoms. The molecule has 0 radical (unpaired) electrons. The fourth-order valence-corrected chi connectivity index (χ4v) is 1.59. The number of aliphatic hydroxyl groups is 1. The molecule has 0 unspecified atom stereocenters. The van der Waals surface area contributed by atoms with Crippen LogP contribution in [0.4, 0.5) is 11.5 Å². The minimum absolute atomic E-state index is 0.0543.